The molecule has 1 spiro atoms. The number of esters is 1. The monoisotopic (exact) mass is 563 g/mol. The fraction of sp³-hybridized carbons (Fsp3) is 0.759. The van der Waals surface area contributed by atoms with Gasteiger partial charge in [-0.15, -0.1) is 24.9 Å². The van der Waals surface area contributed by atoms with Gasteiger partial charge in [-0.1, -0.05) is 12.2 Å². The van der Waals surface area contributed by atoms with Crippen molar-refractivity contribution in [1.29, 1.82) is 0 Å². The zero-order chi connectivity index (χ0) is 28.0. The van der Waals surface area contributed by atoms with E-state index in [2.05, 4.69) is 25.0 Å². The normalized spacial score (nSPS) is 31.8. The highest BCUT2D eigenvalue weighted by molar-refractivity contribution is 8.02. The molecule has 0 aliphatic carbocycles. The molecule has 0 saturated carbocycles. The summed E-state index contributed by atoms with van der Waals surface area (Å²) in [7, 11) is 0. The van der Waals surface area contributed by atoms with E-state index in [9.17, 15) is 19.5 Å². The first-order valence-corrected chi connectivity index (χ1v) is 15.2. The molecular weight excluding hydrogens is 518 g/mol. The first kappa shape index (κ1) is 30.1. The minimum Gasteiger partial charge on any atom is -0.465 e. The van der Waals surface area contributed by atoms with Gasteiger partial charge in [0, 0.05) is 50.6 Å². The van der Waals surface area contributed by atoms with Gasteiger partial charge in [-0.05, 0) is 45.4 Å². The minimum absolute atomic E-state index is 0.0569. The van der Waals surface area contributed by atoms with Crippen molar-refractivity contribution in [2.75, 3.05) is 65.7 Å². The second-order valence-electron chi connectivity index (χ2n) is 11.3. The van der Waals surface area contributed by atoms with Crippen LogP contribution >= 0.6 is 11.8 Å². The summed E-state index contributed by atoms with van der Waals surface area (Å²) in [4.78, 5) is 47.9. The van der Waals surface area contributed by atoms with E-state index in [-0.39, 0.29) is 31.0 Å². The molecule has 39 heavy (non-hydrogen) atoms. The molecule has 0 aromatic heterocycles. The lowest BCUT2D eigenvalue weighted by atomic mass is 9.66. The van der Waals surface area contributed by atoms with Crippen molar-refractivity contribution in [3.63, 3.8) is 0 Å². The molecule has 218 valence electrons. The molecule has 4 aliphatic rings. The molecular formula is C29H45N3O6S. The van der Waals surface area contributed by atoms with E-state index in [0.29, 0.717) is 52.1 Å². The zero-order valence-electron chi connectivity index (χ0n) is 23.4. The number of aliphatic hydroxyl groups excluding tert-OH is 1. The van der Waals surface area contributed by atoms with Crippen LogP contribution < -0.4 is 0 Å². The topological polar surface area (TPSA) is 99.6 Å². The quantitative estimate of drug-likeness (QED) is 0.184. The predicted molar refractivity (Wildman–Crippen MR) is 151 cm³/mol. The highest BCUT2D eigenvalue weighted by Gasteiger charge is 2.77. The fourth-order valence-electron chi connectivity index (χ4n) is 6.91. The van der Waals surface area contributed by atoms with Gasteiger partial charge < -0.3 is 24.4 Å². The highest BCUT2D eigenvalue weighted by atomic mass is 32.2. The molecule has 4 rings (SSSR count). The Balaban J connectivity index is 1.61. The predicted octanol–water partition coefficient (Wildman–Crippen LogP) is 2.10. The SMILES string of the molecule is C=CCCOC(=O)[C@@H]1[C@H]2C(=O)N(CCCCCO)C(C(=O)N(CC=C)CCN3CCOCC3)C23CC[C@@]1(C)S3. The molecule has 4 heterocycles. The number of rotatable bonds is 15. The van der Waals surface area contributed by atoms with Crippen LogP contribution in [0.3, 0.4) is 0 Å². The Bertz CT molecular complexity index is 927. The standard InChI is InChI=1S/C29H45N3O6S/c1-4-6-19-38-27(36)23-22-25(34)32(13-8-7-9-18-33)24(29(22)11-10-28(23,3)39-29)26(35)31(12-5-2)15-14-30-16-20-37-21-17-30/h4-5,22-24,33H,1-2,6-21H2,3H3/t22-,23-,24?,28+,29?/m0/s1. The van der Waals surface area contributed by atoms with E-state index < -0.39 is 27.4 Å². The van der Waals surface area contributed by atoms with Gasteiger partial charge in [0.15, 0.2) is 0 Å². The Labute approximate surface area is 236 Å². The summed E-state index contributed by atoms with van der Waals surface area (Å²) < 4.78 is 10.0. The van der Waals surface area contributed by atoms with Gasteiger partial charge in [0.05, 0.1) is 36.4 Å². The first-order valence-electron chi connectivity index (χ1n) is 14.4. The average Bonchev–Trinajstić information content (AvgIpc) is 3.50. The minimum atomic E-state index is -0.652. The van der Waals surface area contributed by atoms with Crippen molar-refractivity contribution in [3.8, 4) is 0 Å². The number of amides is 2. The molecule has 4 aliphatic heterocycles. The number of hydrogen-bond donors (Lipinski definition) is 1. The number of nitrogens with zero attached hydrogens (tertiary/aromatic N) is 3. The Morgan fingerprint density at radius 1 is 1.18 bits per heavy atom. The summed E-state index contributed by atoms with van der Waals surface area (Å²) in [6.45, 7) is 15.2. The van der Waals surface area contributed by atoms with Crippen LogP contribution in [0, 0.1) is 11.8 Å². The summed E-state index contributed by atoms with van der Waals surface area (Å²) in [5, 5.41) is 9.25. The summed E-state index contributed by atoms with van der Waals surface area (Å²) in [5.74, 6) is -1.65. The molecule has 0 aromatic carbocycles. The molecule has 5 atom stereocenters. The van der Waals surface area contributed by atoms with Crippen molar-refractivity contribution in [2.24, 2.45) is 11.8 Å². The maximum Gasteiger partial charge on any atom is 0.311 e. The van der Waals surface area contributed by atoms with Gasteiger partial charge in [-0.3, -0.25) is 19.3 Å². The fourth-order valence-corrected chi connectivity index (χ4v) is 9.25. The second-order valence-corrected chi connectivity index (χ2v) is 13.2. The van der Waals surface area contributed by atoms with E-state index in [0.717, 1.165) is 38.9 Å². The Morgan fingerprint density at radius 2 is 1.95 bits per heavy atom. The Kier molecular flexibility index (Phi) is 10.2. The molecule has 0 aromatic rings. The Morgan fingerprint density at radius 3 is 2.64 bits per heavy atom. The highest BCUT2D eigenvalue weighted by Crippen LogP contribution is 2.71. The number of aliphatic hydroxyl groups is 1. The van der Waals surface area contributed by atoms with Crippen molar-refractivity contribution in [3.05, 3.63) is 25.3 Å². The maximum absolute atomic E-state index is 14.4. The zero-order valence-corrected chi connectivity index (χ0v) is 24.2. The number of unbranched alkanes of at least 4 members (excludes halogenated alkanes) is 2. The van der Waals surface area contributed by atoms with Crippen LogP contribution in [0.15, 0.2) is 25.3 Å². The van der Waals surface area contributed by atoms with E-state index >= 15 is 0 Å². The number of likely N-dealkylation sites (tertiary alicyclic amines) is 1. The summed E-state index contributed by atoms with van der Waals surface area (Å²) >= 11 is 1.67. The lowest BCUT2D eigenvalue weighted by Gasteiger charge is -2.38. The van der Waals surface area contributed by atoms with Crippen molar-refractivity contribution < 1.29 is 29.0 Å². The third-order valence-corrected chi connectivity index (χ3v) is 10.8. The van der Waals surface area contributed by atoms with Crippen LogP contribution in [-0.4, -0.2) is 119 Å². The summed E-state index contributed by atoms with van der Waals surface area (Å²) in [6, 6.07) is -0.633. The molecule has 9 nitrogen and oxygen atoms in total. The van der Waals surface area contributed by atoms with Gasteiger partial charge >= 0.3 is 5.97 Å². The van der Waals surface area contributed by atoms with Crippen molar-refractivity contribution in [2.45, 2.75) is 61.0 Å². The Hall–Kier alpha value is -1.88. The molecule has 2 unspecified atom stereocenters. The molecule has 1 N–H and O–H groups in total. The number of fused-ring (bicyclic) bond motifs is 1. The number of morpholine rings is 1. The van der Waals surface area contributed by atoms with Crippen molar-refractivity contribution in [1.82, 2.24) is 14.7 Å². The van der Waals surface area contributed by atoms with Gasteiger partial charge in [-0.2, -0.15) is 0 Å². The number of ether oxygens (including phenoxy) is 2. The lowest BCUT2D eigenvalue weighted by molar-refractivity contribution is -0.155. The molecule has 10 heteroatoms. The molecule has 4 fully saturated rings. The number of thioether (sulfide) groups is 1. The average molecular weight is 564 g/mol. The van der Waals surface area contributed by atoms with E-state index in [4.69, 9.17) is 9.47 Å². The van der Waals surface area contributed by atoms with Crippen LogP contribution in [0.1, 0.15) is 45.4 Å². The van der Waals surface area contributed by atoms with Gasteiger partial charge in [-0.25, -0.2) is 0 Å². The van der Waals surface area contributed by atoms with Crippen LogP contribution in [0.25, 0.3) is 0 Å². The molecule has 4 saturated heterocycles. The molecule has 2 amide bonds. The van der Waals surface area contributed by atoms with E-state index in [1.54, 1.807) is 28.8 Å². The van der Waals surface area contributed by atoms with Gasteiger partial charge in [0.25, 0.3) is 0 Å². The van der Waals surface area contributed by atoms with Gasteiger partial charge in [0.2, 0.25) is 11.8 Å². The third kappa shape index (κ3) is 5.94. The van der Waals surface area contributed by atoms with Crippen LogP contribution in [0.2, 0.25) is 0 Å². The van der Waals surface area contributed by atoms with E-state index in [1.807, 2.05) is 4.90 Å². The maximum atomic E-state index is 14.4. The number of carbonyl (C=O) groups excluding carboxylic acids is 3. The third-order valence-electron chi connectivity index (χ3n) is 8.84. The first-order chi connectivity index (χ1) is 18.8. The molecule has 2 bridgehead atoms. The van der Waals surface area contributed by atoms with E-state index in [1.165, 1.54) is 0 Å². The number of carbonyl (C=O) groups is 3. The summed E-state index contributed by atoms with van der Waals surface area (Å²) in [5.41, 5.74) is 0. The lowest BCUT2D eigenvalue weighted by Crippen LogP contribution is -2.56. The van der Waals surface area contributed by atoms with Crippen LogP contribution in [-0.2, 0) is 23.9 Å². The van der Waals surface area contributed by atoms with Crippen LogP contribution in [0.5, 0.6) is 0 Å². The second kappa shape index (κ2) is 13.2. The smallest absolute Gasteiger partial charge is 0.311 e. The largest absolute Gasteiger partial charge is 0.465 e. The van der Waals surface area contributed by atoms with Gasteiger partial charge in [0.1, 0.15) is 6.04 Å². The summed E-state index contributed by atoms with van der Waals surface area (Å²) in [6.07, 6.45) is 7.62. The molecule has 0 radical (unpaired) electrons. The van der Waals surface area contributed by atoms with Crippen molar-refractivity contribution >= 4 is 29.5 Å². The number of hydrogen-bond acceptors (Lipinski definition) is 8. The van der Waals surface area contributed by atoms with Crippen LogP contribution in [0.4, 0.5) is 0 Å².